The van der Waals surface area contributed by atoms with Crippen LogP contribution in [0.3, 0.4) is 0 Å². The van der Waals surface area contributed by atoms with E-state index in [9.17, 15) is 9.18 Å². The normalized spacial score (nSPS) is 16.9. The highest BCUT2D eigenvalue weighted by Crippen LogP contribution is 2.33. The minimum absolute atomic E-state index is 0.0214. The molecule has 1 heterocycles. The summed E-state index contributed by atoms with van der Waals surface area (Å²) in [5, 5.41) is 2.00. The molecule has 0 radical (unpaired) electrons. The highest BCUT2D eigenvalue weighted by molar-refractivity contribution is 6.14. The lowest BCUT2D eigenvalue weighted by Crippen LogP contribution is -2.42. The second-order valence-corrected chi connectivity index (χ2v) is 6.36. The molecule has 3 aromatic rings. The number of halogens is 1. The van der Waals surface area contributed by atoms with Gasteiger partial charge in [-0.2, -0.15) is 0 Å². The van der Waals surface area contributed by atoms with Gasteiger partial charge in [0.2, 0.25) is 0 Å². The number of rotatable bonds is 1. The molecule has 0 aromatic heterocycles. The molecule has 3 aromatic carbocycles. The second kappa shape index (κ2) is 5.75. The Balaban J connectivity index is 1.85. The van der Waals surface area contributed by atoms with Gasteiger partial charge in [-0.25, -0.2) is 4.39 Å². The Labute approximate surface area is 140 Å². The number of carbonyl (C=O) groups excluding carboxylic acids is 1. The fourth-order valence-electron chi connectivity index (χ4n) is 3.57. The molecule has 0 spiro atoms. The standard InChI is InChI=1S/C21H18FNO/c1-14-9-10-16-13-17(22)11-12-20(16)23(14)21(24)19-8-4-6-15-5-2-3-7-18(15)19/h2-8,11-14H,9-10H2,1H3. The van der Waals surface area contributed by atoms with Gasteiger partial charge in [-0.15, -0.1) is 0 Å². The van der Waals surface area contributed by atoms with Crippen LogP contribution in [0.25, 0.3) is 10.8 Å². The summed E-state index contributed by atoms with van der Waals surface area (Å²) < 4.78 is 13.5. The number of anilines is 1. The number of benzene rings is 3. The Morgan fingerprint density at radius 1 is 1.08 bits per heavy atom. The molecular formula is C21H18FNO. The molecule has 2 nitrogen and oxygen atoms in total. The van der Waals surface area contributed by atoms with E-state index in [1.807, 2.05) is 47.4 Å². The van der Waals surface area contributed by atoms with E-state index in [0.717, 1.165) is 34.9 Å². The maximum atomic E-state index is 13.5. The fraction of sp³-hybridized carbons (Fsp3) is 0.190. The van der Waals surface area contributed by atoms with Crippen LogP contribution in [-0.2, 0) is 6.42 Å². The van der Waals surface area contributed by atoms with Gasteiger partial charge >= 0.3 is 0 Å². The molecule has 0 saturated heterocycles. The third kappa shape index (κ3) is 2.37. The molecule has 0 bridgehead atoms. The third-order valence-electron chi connectivity index (χ3n) is 4.81. The van der Waals surface area contributed by atoms with Crippen LogP contribution in [0.15, 0.2) is 60.7 Å². The molecule has 0 fully saturated rings. The molecule has 1 aliphatic heterocycles. The molecule has 4 rings (SSSR count). The van der Waals surface area contributed by atoms with Crippen LogP contribution < -0.4 is 4.90 Å². The zero-order valence-corrected chi connectivity index (χ0v) is 13.5. The highest BCUT2D eigenvalue weighted by Gasteiger charge is 2.29. The largest absolute Gasteiger partial charge is 0.305 e. The molecule has 1 aliphatic rings. The SMILES string of the molecule is CC1CCc2cc(F)ccc2N1C(=O)c1cccc2ccccc12. The molecule has 1 unspecified atom stereocenters. The van der Waals surface area contributed by atoms with Crippen molar-refractivity contribution in [2.75, 3.05) is 4.90 Å². The number of nitrogens with zero attached hydrogens (tertiary/aromatic N) is 1. The Morgan fingerprint density at radius 2 is 1.88 bits per heavy atom. The van der Waals surface area contributed by atoms with Gasteiger partial charge in [0, 0.05) is 17.3 Å². The average Bonchev–Trinajstić information content (AvgIpc) is 2.61. The van der Waals surface area contributed by atoms with Crippen LogP contribution in [-0.4, -0.2) is 11.9 Å². The van der Waals surface area contributed by atoms with E-state index in [1.54, 1.807) is 12.1 Å². The van der Waals surface area contributed by atoms with Crippen molar-refractivity contribution in [1.29, 1.82) is 0 Å². The molecular weight excluding hydrogens is 301 g/mol. The minimum atomic E-state index is -0.249. The van der Waals surface area contributed by atoms with Gasteiger partial charge < -0.3 is 4.90 Å². The van der Waals surface area contributed by atoms with Gasteiger partial charge in [0.05, 0.1) is 0 Å². The molecule has 120 valence electrons. The van der Waals surface area contributed by atoms with Gasteiger partial charge in [-0.1, -0.05) is 36.4 Å². The van der Waals surface area contributed by atoms with Crippen molar-refractivity contribution in [2.45, 2.75) is 25.8 Å². The predicted molar refractivity (Wildman–Crippen MR) is 94.9 cm³/mol. The van der Waals surface area contributed by atoms with Crippen LogP contribution in [0, 0.1) is 5.82 Å². The molecule has 24 heavy (non-hydrogen) atoms. The lowest BCUT2D eigenvalue weighted by molar-refractivity contribution is 0.0977. The summed E-state index contributed by atoms with van der Waals surface area (Å²) >= 11 is 0. The van der Waals surface area contributed by atoms with Crippen molar-refractivity contribution < 1.29 is 9.18 Å². The average molecular weight is 319 g/mol. The first-order valence-electron chi connectivity index (χ1n) is 8.25. The zero-order valence-electron chi connectivity index (χ0n) is 13.5. The summed E-state index contributed by atoms with van der Waals surface area (Å²) in [6, 6.07) is 18.5. The maximum Gasteiger partial charge on any atom is 0.259 e. The van der Waals surface area contributed by atoms with Crippen molar-refractivity contribution in [2.24, 2.45) is 0 Å². The van der Waals surface area contributed by atoms with Crippen molar-refractivity contribution >= 4 is 22.4 Å². The van der Waals surface area contributed by atoms with E-state index < -0.39 is 0 Å². The topological polar surface area (TPSA) is 20.3 Å². The van der Waals surface area contributed by atoms with Crippen LogP contribution in [0.1, 0.15) is 29.3 Å². The highest BCUT2D eigenvalue weighted by atomic mass is 19.1. The minimum Gasteiger partial charge on any atom is -0.305 e. The number of aryl methyl sites for hydroxylation is 1. The summed E-state index contributed by atoms with van der Waals surface area (Å²) in [4.78, 5) is 15.1. The van der Waals surface area contributed by atoms with Crippen LogP contribution in [0.5, 0.6) is 0 Å². The third-order valence-corrected chi connectivity index (χ3v) is 4.81. The lowest BCUT2D eigenvalue weighted by Gasteiger charge is -2.35. The van der Waals surface area contributed by atoms with Gasteiger partial charge in [0.15, 0.2) is 0 Å². The molecule has 3 heteroatoms. The molecule has 0 N–H and O–H groups in total. The maximum absolute atomic E-state index is 13.5. The van der Waals surface area contributed by atoms with Crippen LogP contribution in [0.2, 0.25) is 0 Å². The number of hydrogen-bond donors (Lipinski definition) is 0. The van der Waals surface area contributed by atoms with E-state index in [2.05, 4.69) is 6.92 Å². The Kier molecular flexibility index (Phi) is 3.57. The summed E-state index contributed by atoms with van der Waals surface area (Å²) in [5.41, 5.74) is 2.42. The van der Waals surface area contributed by atoms with E-state index in [-0.39, 0.29) is 17.8 Å². The number of amides is 1. The molecule has 1 atom stereocenters. The van der Waals surface area contributed by atoms with E-state index in [4.69, 9.17) is 0 Å². The molecule has 1 amide bonds. The Morgan fingerprint density at radius 3 is 2.75 bits per heavy atom. The van der Waals surface area contributed by atoms with Gasteiger partial charge in [-0.05, 0) is 60.4 Å². The number of hydrogen-bond acceptors (Lipinski definition) is 1. The smallest absolute Gasteiger partial charge is 0.259 e. The first-order chi connectivity index (χ1) is 11.6. The van der Waals surface area contributed by atoms with Crippen LogP contribution in [0.4, 0.5) is 10.1 Å². The molecule has 0 saturated carbocycles. The quantitative estimate of drug-likeness (QED) is 0.621. The number of carbonyl (C=O) groups is 1. The van der Waals surface area contributed by atoms with E-state index in [0.29, 0.717) is 5.56 Å². The fourth-order valence-corrected chi connectivity index (χ4v) is 3.57. The summed E-state index contributed by atoms with van der Waals surface area (Å²) in [7, 11) is 0. The van der Waals surface area contributed by atoms with Gasteiger partial charge in [-0.3, -0.25) is 4.79 Å². The van der Waals surface area contributed by atoms with Crippen molar-refractivity contribution in [1.82, 2.24) is 0 Å². The van der Waals surface area contributed by atoms with E-state index >= 15 is 0 Å². The molecule has 0 aliphatic carbocycles. The second-order valence-electron chi connectivity index (χ2n) is 6.36. The summed E-state index contributed by atoms with van der Waals surface area (Å²) in [6.07, 6.45) is 1.64. The van der Waals surface area contributed by atoms with E-state index in [1.165, 1.54) is 6.07 Å². The summed E-state index contributed by atoms with van der Waals surface area (Å²) in [6.45, 7) is 2.05. The van der Waals surface area contributed by atoms with Gasteiger partial charge in [0.25, 0.3) is 5.91 Å². The first kappa shape index (κ1) is 14.9. The first-order valence-corrected chi connectivity index (χ1v) is 8.25. The van der Waals surface area contributed by atoms with Crippen molar-refractivity contribution in [3.63, 3.8) is 0 Å². The Bertz CT molecular complexity index is 929. The number of fused-ring (bicyclic) bond motifs is 2. The predicted octanol–water partition coefficient (Wildman–Crippen LogP) is 4.96. The Hall–Kier alpha value is -2.68. The lowest BCUT2D eigenvalue weighted by atomic mass is 9.94. The summed E-state index contributed by atoms with van der Waals surface area (Å²) in [5.74, 6) is -0.271. The zero-order chi connectivity index (χ0) is 16.7. The van der Waals surface area contributed by atoms with Crippen LogP contribution >= 0.6 is 0 Å². The monoisotopic (exact) mass is 319 g/mol. The van der Waals surface area contributed by atoms with Crippen molar-refractivity contribution in [3.05, 3.63) is 77.6 Å². The van der Waals surface area contributed by atoms with Crippen molar-refractivity contribution in [3.8, 4) is 0 Å². The van der Waals surface area contributed by atoms with Gasteiger partial charge in [0.1, 0.15) is 5.82 Å².